The molecule has 1 fully saturated rings. The van der Waals surface area contributed by atoms with Crippen LogP contribution in [0.3, 0.4) is 0 Å². The van der Waals surface area contributed by atoms with Gasteiger partial charge >= 0.3 is 0 Å². The van der Waals surface area contributed by atoms with Crippen LogP contribution in [-0.4, -0.2) is 21.2 Å². The zero-order chi connectivity index (χ0) is 16.9. The van der Waals surface area contributed by atoms with E-state index in [1.54, 1.807) is 0 Å². The molecule has 0 spiro atoms. The lowest BCUT2D eigenvalue weighted by Crippen LogP contribution is -2.20. The van der Waals surface area contributed by atoms with Crippen LogP contribution in [0, 0.1) is 17.5 Å². The lowest BCUT2D eigenvalue weighted by Gasteiger charge is -2.16. The highest BCUT2D eigenvalue weighted by Crippen LogP contribution is 2.23. The minimum Gasteiger partial charge on any atom is -0.350 e. The number of anilines is 3. The largest absolute Gasteiger partial charge is 0.350 e. The highest BCUT2D eigenvalue weighted by Gasteiger charge is 2.16. The van der Waals surface area contributed by atoms with Gasteiger partial charge in [0.1, 0.15) is 0 Å². The maximum atomic E-state index is 13.7. The molecule has 1 saturated carbocycles. The monoisotopic (exact) mass is 337 g/mol. The average Bonchev–Trinajstić information content (AvgIpc) is 2.84. The molecule has 0 bridgehead atoms. The topological polar surface area (TPSA) is 62.7 Å². The van der Waals surface area contributed by atoms with E-state index in [4.69, 9.17) is 0 Å². The van der Waals surface area contributed by atoms with E-state index in [2.05, 4.69) is 25.8 Å². The van der Waals surface area contributed by atoms with Gasteiger partial charge < -0.3 is 10.6 Å². The van der Waals surface area contributed by atoms with E-state index in [-0.39, 0.29) is 17.5 Å². The Balaban J connectivity index is 1.72. The molecule has 0 aliphatic heterocycles. The second-order valence-electron chi connectivity index (χ2n) is 5.85. The van der Waals surface area contributed by atoms with E-state index in [0.717, 1.165) is 37.8 Å². The number of nitrogens with zero attached hydrogens (tertiary/aromatic N) is 3. The first-order valence-corrected chi connectivity index (χ1v) is 8.00. The van der Waals surface area contributed by atoms with Gasteiger partial charge in [0.05, 0.1) is 11.9 Å². The summed E-state index contributed by atoms with van der Waals surface area (Å²) in [6.07, 6.45) is 8.14. The van der Waals surface area contributed by atoms with E-state index in [9.17, 15) is 13.2 Å². The molecule has 1 heterocycles. The van der Waals surface area contributed by atoms with Crippen molar-refractivity contribution in [3.05, 3.63) is 35.8 Å². The molecule has 0 amide bonds. The Bertz CT molecular complexity index is 702. The summed E-state index contributed by atoms with van der Waals surface area (Å²) in [6.45, 7) is 0. The zero-order valence-corrected chi connectivity index (χ0v) is 13.0. The normalized spacial score (nSPS) is 15.8. The third-order valence-electron chi connectivity index (χ3n) is 4.05. The fraction of sp³-hybridized carbons (Fsp3) is 0.438. The van der Waals surface area contributed by atoms with Crippen molar-refractivity contribution in [2.75, 3.05) is 10.6 Å². The Kier molecular flexibility index (Phi) is 5.12. The van der Waals surface area contributed by atoms with Crippen molar-refractivity contribution in [3.8, 4) is 0 Å². The highest BCUT2D eigenvalue weighted by molar-refractivity contribution is 5.57. The summed E-state index contributed by atoms with van der Waals surface area (Å²) in [6, 6.07) is 2.23. The van der Waals surface area contributed by atoms with Gasteiger partial charge in [-0.05, 0) is 25.0 Å². The fourth-order valence-corrected chi connectivity index (χ4v) is 2.79. The molecule has 128 valence electrons. The van der Waals surface area contributed by atoms with Crippen molar-refractivity contribution >= 4 is 17.5 Å². The van der Waals surface area contributed by atoms with Gasteiger partial charge in [-0.1, -0.05) is 25.7 Å². The maximum absolute atomic E-state index is 13.7. The van der Waals surface area contributed by atoms with E-state index < -0.39 is 17.5 Å². The van der Waals surface area contributed by atoms with Crippen LogP contribution in [0.5, 0.6) is 0 Å². The summed E-state index contributed by atoms with van der Waals surface area (Å²) >= 11 is 0. The molecule has 0 atom stereocenters. The molecule has 5 nitrogen and oxygen atoms in total. The summed E-state index contributed by atoms with van der Waals surface area (Å²) < 4.78 is 39.9. The molecule has 3 rings (SSSR count). The second kappa shape index (κ2) is 7.46. The minimum absolute atomic E-state index is 0.200. The van der Waals surface area contributed by atoms with Crippen LogP contribution in [0.15, 0.2) is 18.3 Å². The Labute approximate surface area is 137 Å². The van der Waals surface area contributed by atoms with Crippen molar-refractivity contribution in [1.82, 2.24) is 15.2 Å². The Morgan fingerprint density at radius 2 is 1.71 bits per heavy atom. The molecular weight excluding hydrogens is 319 g/mol. The Morgan fingerprint density at radius 3 is 2.46 bits per heavy atom. The molecule has 2 N–H and O–H groups in total. The van der Waals surface area contributed by atoms with Crippen LogP contribution < -0.4 is 10.6 Å². The van der Waals surface area contributed by atoms with E-state index in [1.807, 2.05) is 0 Å². The maximum Gasteiger partial charge on any atom is 0.244 e. The molecule has 0 radical (unpaired) electrons. The smallest absolute Gasteiger partial charge is 0.244 e. The van der Waals surface area contributed by atoms with Gasteiger partial charge in [-0.3, -0.25) is 0 Å². The molecule has 0 saturated heterocycles. The van der Waals surface area contributed by atoms with Crippen LogP contribution in [0.1, 0.15) is 38.5 Å². The lowest BCUT2D eigenvalue weighted by molar-refractivity contribution is 0.449. The van der Waals surface area contributed by atoms with Gasteiger partial charge in [-0.2, -0.15) is 10.1 Å². The summed E-state index contributed by atoms with van der Waals surface area (Å²) in [5.74, 6) is -3.54. The lowest BCUT2D eigenvalue weighted by atomic mass is 10.1. The van der Waals surface area contributed by atoms with Crippen molar-refractivity contribution in [2.24, 2.45) is 0 Å². The molecule has 1 aliphatic carbocycles. The number of rotatable bonds is 4. The summed E-state index contributed by atoms with van der Waals surface area (Å²) in [5, 5.41) is 13.6. The molecular formula is C16H18F3N5. The third-order valence-corrected chi connectivity index (χ3v) is 4.05. The predicted molar refractivity (Wildman–Crippen MR) is 84.5 cm³/mol. The molecule has 24 heavy (non-hydrogen) atoms. The molecule has 2 aromatic rings. The third kappa shape index (κ3) is 3.93. The van der Waals surface area contributed by atoms with Crippen molar-refractivity contribution in [2.45, 2.75) is 44.6 Å². The molecule has 8 heteroatoms. The van der Waals surface area contributed by atoms with Crippen LogP contribution >= 0.6 is 0 Å². The zero-order valence-electron chi connectivity index (χ0n) is 13.0. The number of hydrogen-bond acceptors (Lipinski definition) is 5. The van der Waals surface area contributed by atoms with Crippen molar-refractivity contribution in [3.63, 3.8) is 0 Å². The Morgan fingerprint density at radius 1 is 0.958 bits per heavy atom. The first kappa shape index (κ1) is 16.5. The minimum atomic E-state index is -1.53. The number of aromatic nitrogens is 3. The van der Waals surface area contributed by atoms with Crippen molar-refractivity contribution in [1.29, 1.82) is 0 Å². The van der Waals surface area contributed by atoms with Crippen LogP contribution in [0.25, 0.3) is 0 Å². The Hall–Kier alpha value is -2.38. The molecule has 1 aromatic carbocycles. The summed E-state index contributed by atoms with van der Waals surface area (Å²) in [7, 11) is 0. The first-order chi connectivity index (χ1) is 11.6. The SMILES string of the molecule is Fc1ccc(Nc2cnnc(NC3CCCCCC3)n2)c(F)c1F. The van der Waals surface area contributed by atoms with Crippen LogP contribution in [0.4, 0.5) is 30.6 Å². The van der Waals surface area contributed by atoms with Crippen LogP contribution in [-0.2, 0) is 0 Å². The highest BCUT2D eigenvalue weighted by atomic mass is 19.2. The van der Waals surface area contributed by atoms with Gasteiger partial charge in [0.2, 0.25) is 5.95 Å². The number of hydrogen-bond donors (Lipinski definition) is 2. The van der Waals surface area contributed by atoms with Gasteiger partial charge in [0.15, 0.2) is 23.3 Å². The van der Waals surface area contributed by atoms with E-state index in [1.165, 1.54) is 19.0 Å². The first-order valence-electron chi connectivity index (χ1n) is 8.00. The number of halogens is 3. The molecule has 0 unspecified atom stereocenters. The standard InChI is InChI=1S/C16H18F3N5/c17-11-7-8-12(15(19)14(11)18)22-13-9-20-24-16(23-13)21-10-5-3-1-2-4-6-10/h7-10H,1-6H2,(H2,21,22,23,24). The van der Waals surface area contributed by atoms with Gasteiger partial charge in [-0.15, -0.1) is 5.10 Å². The average molecular weight is 337 g/mol. The quantitative estimate of drug-likeness (QED) is 0.648. The van der Waals surface area contributed by atoms with Crippen molar-refractivity contribution < 1.29 is 13.2 Å². The summed E-state index contributed by atoms with van der Waals surface area (Å²) in [5.41, 5.74) is -0.213. The van der Waals surface area contributed by atoms with E-state index in [0.29, 0.717) is 5.95 Å². The number of nitrogens with one attached hydrogen (secondary N) is 2. The summed E-state index contributed by atoms with van der Waals surface area (Å²) in [4.78, 5) is 4.21. The van der Waals surface area contributed by atoms with E-state index >= 15 is 0 Å². The van der Waals surface area contributed by atoms with Gasteiger partial charge in [0, 0.05) is 6.04 Å². The molecule has 1 aromatic heterocycles. The predicted octanol–water partition coefficient (Wildman–Crippen LogP) is 4.17. The van der Waals surface area contributed by atoms with Crippen LogP contribution in [0.2, 0.25) is 0 Å². The van der Waals surface area contributed by atoms with Gasteiger partial charge in [-0.25, -0.2) is 13.2 Å². The second-order valence-corrected chi connectivity index (χ2v) is 5.85. The fourth-order valence-electron chi connectivity index (χ4n) is 2.79. The van der Waals surface area contributed by atoms with Gasteiger partial charge in [0.25, 0.3) is 0 Å². The molecule has 1 aliphatic rings. The number of benzene rings is 1.